The molecule has 5 nitrogen and oxygen atoms in total. The van der Waals surface area contributed by atoms with Crippen LogP contribution in [0.1, 0.15) is 45.4 Å². The molecule has 0 saturated carbocycles. The number of amides is 2. The number of unbranched alkanes of at least 4 members (excludes halogenated alkanes) is 2. The lowest BCUT2D eigenvalue weighted by Gasteiger charge is -2.27. The third-order valence-electron chi connectivity index (χ3n) is 4.31. The van der Waals surface area contributed by atoms with Crippen LogP contribution in [0.2, 0.25) is 0 Å². The van der Waals surface area contributed by atoms with Crippen molar-refractivity contribution in [3.05, 3.63) is 0 Å². The summed E-state index contributed by atoms with van der Waals surface area (Å²) in [6.45, 7) is 3.02. The molecule has 0 aromatic heterocycles. The highest BCUT2D eigenvalue weighted by Crippen LogP contribution is 2.37. The number of urea groups is 1. The van der Waals surface area contributed by atoms with E-state index in [0.717, 1.165) is 44.4 Å². The van der Waals surface area contributed by atoms with E-state index in [4.69, 9.17) is 0 Å². The summed E-state index contributed by atoms with van der Waals surface area (Å²) in [6, 6.07) is 0.760. The Kier molecular flexibility index (Phi) is 6.21. The molecular formula is C15H26N2O3S. The summed E-state index contributed by atoms with van der Waals surface area (Å²) in [7, 11) is 1.43. The number of nitrogens with zero attached hydrogens (tertiary/aromatic N) is 1. The largest absolute Gasteiger partial charge is 0.469 e. The average Bonchev–Trinajstić information content (AvgIpc) is 3.00. The number of esters is 1. The van der Waals surface area contributed by atoms with Crippen LogP contribution in [0.3, 0.4) is 0 Å². The minimum Gasteiger partial charge on any atom is -0.469 e. The van der Waals surface area contributed by atoms with Crippen LogP contribution >= 0.6 is 11.8 Å². The molecule has 0 aromatic carbocycles. The zero-order valence-corrected chi connectivity index (χ0v) is 13.8. The third kappa shape index (κ3) is 4.05. The van der Waals surface area contributed by atoms with Gasteiger partial charge in [0.1, 0.15) is 0 Å². The molecular weight excluding hydrogens is 288 g/mol. The van der Waals surface area contributed by atoms with E-state index in [-0.39, 0.29) is 12.0 Å². The number of ether oxygens (including phenoxy) is 1. The van der Waals surface area contributed by atoms with Crippen molar-refractivity contribution in [3.63, 3.8) is 0 Å². The lowest BCUT2D eigenvalue weighted by molar-refractivity contribution is -0.140. The van der Waals surface area contributed by atoms with E-state index in [9.17, 15) is 9.59 Å². The van der Waals surface area contributed by atoms with Crippen molar-refractivity contribution < 1.29 is 14.3 Å². The number of hydrogen-bond acceptors (Lipinski definition) is 4. The SMILES string of the molecule is CCCCN1C(=O)N[C@H]2CS[C@@H](CCCCC(=O)OC)[C@H]21. The molecule has 0 spiro atoms. The highest BCUT2D eigenvalue weighted by Gasteiger charge is 2.47. The van der Waals surface area contributed by atoms with Gasteiger partial charge in [-0.05, 0) is 19.3 Å². The highest BCUT2D eigenvalue weighted by atomic mass is 32.2. The molecule has 0 radical (unpaired) electrons. The average molecular weight is 314 g/mol. The van der Waals surface area contributed by atoms with Crippen molar-refractivity contribution in [3.8, 4) is 0 Å². The Morgan fingerprint density at radius 2 is 2.24 bits per heavy atom. The van der Waals surface area contributed by atoms with Gasteiger partial charge in [-0.2, -0.15) is 11.8 Å². The first-order valence-electron chi connectivity index (χ1n) is 7.93. The second kappa shape index (κ2) is 7.92. The maximum absolute atomic E-state index is 12.0. The van der Waals surface area contributed by atoms with Crippen LogP contribution in [0, 0.1) is 0 Å². The highest BCUT2D eigenvalue weighted by molar-refractivity contribution is 8.00. The van der Waals surface area contributed by atoms with Crippen molar-refractivity contribution in [2.45, 2.75) is 62.8 Å². The predicted molar refractivity (Wildman–Crippen MR) is 84.5 cm³/mol. The molecule has 2 rings (SSSR count). The normalized spacial score (nSPS) is 27.6. The van der Waals surface area contributed by atoms with Gasteiger partial charge >= 0.3 is 12.0 Å². The molecule has 2 fully saturated rings. The molecule has 6 heteroatoms. The van der Waals surface area contributed by atoms with Gasteiger partial charge in [0.2, 0.25) is 0 Å². The number of carbonyl (C=O) groups is 2. The van der Waals surface area contributed by atoms with Gasteiger partial charge in [-0.25, -0.2) is 4.79 Å². The van der Waals surface area contributed by atoms with Crippen LogP contribution in [-0.4, -0.2) is 53.6 Å². The molecule has 0 bridgehead atoms. The Hall–Kier alpha value is -0.910. The molecule has 2 aliphatic rings. The Balaban J connectivity index is 1.80. The first-order valence-corrected chi connectivity index (χ1v) is 8.97. The second-order valence-corrected chi connectivity index (χ2v) is 7.06. The fourth-order valence-corrected chi connectivity index (χ4v) is 4.76. The van der Waals surface area contributed by atoms with Crippen LogP contribution in [0.15, 0.2) is 0 Å². The number of methoxy groups -OCH3 is 1. The van der Waals surface area contributed by atoms with Gasteiger partial charge in [-0.3, -0.25) is 4.79 Å². The fraction of sp³-hybridized carbons (Fsp3) is 0.867. The first-order chi connectivity index (χ1) is 10.2. The van der Waals surface area contributed by atoms with Crippen LogP contribution < -0.4 is 5.32 Å². The summed E-state index contributed by atoms with van der Waals surface area (Å²) in [5.41, 5.74) is 0. The predicted octanol–water partition coefficient (Wildman–Crippen LogP) is 2.40. The standard InChI is InChI=1S/C15H26N2O3S/c1-3-4-9-17-14-11(16-15(17)19)10-21-12(14)7-5-6-8-13(18)20-2/h11-12,14H,3-10H2,1-2H3,(H,16,19)/t11-,12-,14-/m0/s1. The molecule has 2 amide bonds. The van der Waals surface area contributed by atoms with Gasteiger partial charge in [0, 0.05) is 24.0 Å². The maximum Gasteiger partial charge on any atom is 0.318 e. The molecule has 1 N–H and O–H groups in total. The molecule has 120 valence electrons. The lowest BCUT2D eigenvalue weighted by atomic mass is 10.0. The van der Waals surface area contributed by atoms with Crippen molar-refractivity contribution in [2.24, 2.45) is 0 Å². The van der Waals surface area contributed by atoms with Crippen molar-refractivity contribution in [1.29, 1.82) is 0 Å². The Labute approximate surface area is 131 Å². The van der Waals surface area contributed by atoms with Crippen molar-refractivity contribution in [2.75, 3.05) is 19.4 Å². The Bertz CT molecular complexity index is 378. The number of hydrogen-bond donors (Lipinski definition) is 1. The van der Waals surface area contributed by atoms with Gasteiger partial charge in [0.15, 0.2) is 0 Å². The minimum absolute atomic E-state index is 0.110. The number of carbonyl (C=O) groups excluding carboxylic acids is 2. The monoisotopic (exact) mass is 314 g/mol. The van der Waals surface area contributed by atoms with Gasteiger partial charge in [0.05, 0.1) is 19.2 Å². The topological polar surface area (TPSA) is 58.6 Å². The quantitative estimate of drug-likeness (QED) is 0.424. The number of fused-ring (bicyclic) bond motifs is 1. The van der Waals surface area contributed by atoms with Gasteiger partial charge < -0.3 is 15.0 Å². The summed E-state index contributed by atoms with van der Waals surface area (Å²) in [6.07, 6.45) is 5.64. The number of thioether (sulfide) groups is 1. The molecule has 21 heavy (non-hydrogen) atoms. The Morgan fingerprint density at radius 3 is 2.95 bits per heavy atom. The zero-order valence-electron chi connectivity index (χ0n) is 13.0. The maximum atomic E-state index is 12.0. The third-order valence-corrected chi connectivity index (χ3v) is 5.81. The van der Waals surface area contributed by atoms with E-state index in [2.05, 4.69) is 17.0 Å². The first kappa shape index (κ1) is 16.5. The second-order valence-electron chi connectivity index (χ2n) is 5.79. The minimum atomic E-state index is -0.130. The molecule has 2 heterocycles. The molecule has 2 aliphatic heterocycles. The zero-order chi connectivity index (χ0) is 15.2. The number of rotatable bonds is 8. The van der Waals surface area contributed by atoms with Crippen LogP contribution in [0.4, 0.5) is 4.79 Å². The van der Waals surface area contributed by atoms with E-state index >= 15 is 0 Å². The fourth-order valence-electron chi connectivity index (χ4n) is 3.16. The smallest absolute Gasteiger partial charge is 0.318 e. The molecule has 0 unspecified atom stereocenters. The van der Waals surface area contributed by atoms with Crippen LogP contribution in [0.5, 0.6) is 0 Å². The van der Waals surface area contributed by atoms with E-state index < -0.39 is 0 Å². The van der Waals surface area contributed by atoms with E-state index in [0.29, 0.717) is 23.8 Å². The Morgan fingerprint density at radius 1 is 1.43 bits per heavy atom. The molecule has 3 atom stereocenters. The van der Waals surface area contributed by atoms with E-state index in [1.807, 2.05) is 16.7 Å². The van der Waals surface area contributed by atoms with E-state index in [1.54, 1.807) is 0 Å². The summed E-state index contributed by atoms with van der Waals surface area (Å²) < 4.78 is 4.66. The van der Waals surface area contributed by atoms with E-state index in [1.165, 1.54) is 7.11 Å². The molecule has 0 aromatic rings. The van der Waals surface area contributed by atoms with Gasteiger partial charge in [-0.1, -0.05) is 19.8 Å². The summed E-state index contributed by atoms with van der Waals surface area (Å²) in [5.74, 6) is 0.884. The van der Waals surface area contributed by atoms with Gasteiger partial charge in [0.25, 0.3) is 0 Å². The molecule has 0 aliphatic carbocycles. The van der Waals surface area contributed by atoms with Crippen molar-refractivity contribution >= 4 is 23.8 Å². The molecule has 2 saturated heterocycles. The lowest BCUT2D eigenvalue weighted by Crippen LogP contribution is -2.41. The van der Waals surface area contributed by atoms with Crippen LogP contribution in [0.25, 0.3) is 0 Å². The summed E-state index contributed by atoms with van der Waals surface area (Å²) in [5, 5.41) is 3.62. The summed E-state index contributed by atoms with van der Waals surface area (Å²) >= 11 is 1.97. The van der Waals surface area contributed by atoms with Gasteiger partial charge in [-0.15, -0.1) is 0 Å². The number of nitrogens with one attached hydrogen (secondary N) is 1. The van der Waals surface area contributed by atoms with Crippen molar-refractivity contribution in [1.82, 2.24) is 10.2 Å². The van der Waals surface area contributed by atoms with Crippen LogP contribution in [-0.2, 0) is 9.53 Å². The summed E-state index contributed by atoms with van der Waals surface area (Å²) in [4.78, 5) is 25.2.